The van der Waals surface area contributed by atoms with Crippen molar-refractivity contribution in [2.75, 3.05) is 46.6 Å². The summed E-state index contributed by atoms with van der Waals surface area (Å²) in [4.78, 5) is 4.62. The lowest BCUT2D eigenvalue weighted by Gasteiger charge is -2.13. The van der Waals surface area contributed by atoms with E-state index in [1.807, 2.05) is 6.07 Å². The Bertz CT molecular complexity index is 557. The van der Waals surface area contributed by atoms with Gasteiger partial charge in [0.2, 0.25) is 0 Å². The molecule has 0 radical (unpaired) electrons. The molecule has 6 heteroatoms. The number of methoxy groups -OCH3 is 1. The maximum Gasteiger partial charge on any atom is 0.191 e. The van der Waals surface area contributed by atoms with Gasteiger partial charge in [-0.25, -0.2) is 0 Å². The minimum atomic E-state index is 0.273. The van der Waals surface area contributed by atoms with Gasteiger partial charge >= 0.3 is 0 Å². The topological polar surface area (TPSA) is 64.1 Å². The molecular weight excluding hydrogens is 330 g/mol. The van der Waals surface area contributed by atoms with Gasteiger partial charge < -0.3 is 24.8 Å². The van der Waals surface area contributed by atoms with Gasteiger partial charge in [-0.1, -0.05) is 17.7 Å². The highest BCUT2D eigenvalue weighted by Gasteiger charge is 2.15. The van der Waals surface area contributed by atoms with E-state index in [9.17, 15) is 0 Å². The average molecular weight is 364 g/mol. The Balaban J connectivity index is 1.71. The fourth-order valence-electron chi connectivity index (χ4n) is 2.91. The number of rotatable bonds is 10. The summed E-state index contributed by atoms with van der Waals surface area (Å²) in [5, 5.41) is 6.68. The van der Waals surface area contributed by atoms with E-state index in [0.29, 0.717) is 0 Å². The van der Waals surface area contributed by atoms with Crippen LogP contribution in [0.1, 0.15) is 30.9 Å². The zero-order valence-corrected chi connectivity index (χ0v) is 16.3. The van der Waals surface area contributed by atoms with Crippen molar-refractivity contribution in [2.45, 2.75) is 39.2 Å². The summed E-state index contributed by atoms with van der Waals surface area (Å²) in [6.45, 7) is 8.86. The lowest BCUT2D eigenvalue weighted by atomic mass is 10.1. The van der Waals surface area contributed by atoms with Gasteiger partial charge in [-0.15, -0.1) is 0 Å². The highest BCUT2D eigenvalue weighted by atomic mass is 16.5. The van der Waals surface area contributed by atoms with Gasteiger partial charge in [-0.3, -0.25) is 4.99 Å². The molecule has 1 aliphatic rings. The molecule has 1 aliphatic heterocycles. The molecule has 0 aromatic heterocycles. The summed E-state index contributed by atoms with van der Waals surface area (Å²) in [7, 11) is 1.72. The molecule has 1 aromatic carbocycles. The van der Waals surface area contributed by atoms with Gasteiger partial charge in [0.15, 0.2) is 5.96 Å². The molecule has 0 saturated carbocycles. The summed E-state index contributed by atoms with van der Waals surface area (Å²) in [5.74, 6) is 1.79. The van der Waals surface area contributed by atoms with Crippen molar-refractivity contribution < 1.29 is 14.2 Å². The van der Waals surface area contributed by atoms with Crippen molar-refractivity contribution in [3.63, 3.8) is 0 Å². The zero-order valence-electron chi connectivity index (χ0n) is 16.3. The van der Waals surface area contributed by atoms with E-state index in [1.165, 1.54) is 11.1 Å². The summed E-state index contributed by atoms with van der Waals surface area (Å²) in [5.41, 5.74) is 2.46. The van der Waals surface area contributed by atoms with Gasteiger partial charge in [-0.05, 0) is 44.7 Å². The lowest BCUT2D eigenvalue weighted by molar-refractivity contribution is 0.0424. The van der Waals surface area contributed by atoms with Crippen LogP contribution in [-0.2, 0) is 15.9 Å². The Hall–Kier alpha value is -1.79. The molecule has 2 N–H and O–H groups in total. The predicted molar refractivity (Wildman–Crippen MR) is 105 cm³/mol. The number of nitrogens with one attached hydrogen (secondary N) is 2. The van der Waals surface area contributed by atoms with Gasteiger partial charge in [0.05, 0.1) is 19.8 Å². The van der Waals surface area contributed by atoms with Gasteiger partial charge in [0, 0.05) is 32.8 Å². The normalized spacial score (nSPS) is 17.3. The van der Waals surface area contributed by atoms with Crippen molar-refractivity contribution in [1.29, 1.82) is 0 Å². The van der Waals surface area contributed by atoms with Crippen LogP contribution in [0.3, 0.4) is 0 Å². The molecule has 1 saturated heterocycles. The maximum absolute atomic E-state index is 5.77. The predicted octanol–water partition coefficient (Wildman–Crippen LogP) is 2.30. The van der Waals surface area contributed by atoms with Crippen molar-refractivity contribution in [3.8, 4) is 5.75 Å². The molecule has 0 aliphatic carbocycles. The Morgan fingerprint density at radius 3 is 2.96 bits per heavy atom. The SMILES string of the molecule is CCNC(=NCCCOC1CCOC1)NCCc1cc(C)ccc1OC. The first-order valence-corrected chi connectivity index (χ1v) is 9.58. The number of hydrogen-bond donors (Lipinski definition) is 2. The monoisotopic (exact) mass is 363 g/mol. The third kappa shape index (κ3) is 7.22. The Morgan fingerprint density at radius 2 is 2.23 bits per heavy atom. The van der Waals surface area contributed by atoms with E-state index in [-0.39, 0.29) is 6.10 Å². The molecule has 1 aromatic rings. The van der Waals surface area contributed by atoms with E-state index in [1.54, 1.807) is 7.11 Å². The highest BCUT2D eigenvalue weighted by Crippen LogP contribution is 2.19. The molecule has 26 heavy (non-hydrogen) atoms. The number of aryl methyl sites for hydroxylation is 1. The Kier molecular flexibility index (Phi) is 9.28. The Morgan fingerprint density at radius 1 is 1.35 bits per heavy atom. The van der Waals surface area contributed by atoms with Crippen LogP contribution in [-0.4, -0.2) is 58.6 Å². The summed E-state index contributed by atoms with van der Waals surface area (Å²) in [6.07, 6.45) is 3.09. The van der Waals surface area contributed by atoms with Crippen LogP contribution in [0.15, 0.2) is 23.2 Å². The third-order valence-electron chi connectivity index (χ3n) is 4.28. The first kappa shape index (κ1) is 20.5. The number of aliphatic imine (C=N–C) groups is 1. The minimum absolute atomic E-state index is 0.273. The van der Waals surface area contributed by atoms with Gasteiger partial charge in [-0.2, -0.15) is 0 Å². The first-order valence-electron chi connectivity index (χ1n) is 9.58. The molecule has 1 unspecified atom stereocenters. The lowest BCUT2D eigenvalue weighted by Crippen LogP contribution is -2.38. The van der Waals surface area contributed by atoms with E-state index in [0.717, 1.165) is 70.4 Å². The van der Waals surface area contributed by atoms with Crippen molar-refractivity contribution >= 4 is 5.96 Å². The summed E-state index contributed by atoms with van der Waals surface area (Å²) >= 11 is 0. The molecule has 0 spiro atoms. The van der Waals surface area contributed by atoms with Crippen molar-refractivity contribution in [3.05, 3.63) is 29.3 Å². The molecule has 6 nitrogen and oxygen atoms in total. The van der Waals surface area contributed by atoms with E-state index < -0.39 is 0 Å². The van der Waals surface area contributed by atoms with Crippen LogP contribution in [0.25, 0.3) is 0 Å². The van der Waals surface area contributed by atoms with E-state index in [4.69, 9.17) is 14.2 Å². The number of ether oxygens (including phenoxy) is 3. The van der Waals surface area contributed by atoms with Crippen LogP contribution in [0.2, 0.25) is 0 Å². The molecule has 1 atom stereocenters. The number of guanidine groups is 1. The van der Waals surface area contributed by atoms with E-state index in [2.05, 4.69) is 41.6 Å². The maximum atomic E-state index is 5.77. The summed E-state index contributed by atoms with van der Waals surface area (Å²) in [6, 6.07) is 6.27. The molecule has 0 bridgehead atoms. The molecule has 2 rings (SSSR count). The van der Waals surface area contributed by atoms with Gasteiger partial charge in [0.1, 0.15) is 5.75 Å². The van der Waals surface area contributed by atoms with Crippen LogP contribution in [0.5, 0.6) is 5.75 Å². The second kappa shape index (κ2) is 11.8. The van der Waals surface area contributed by atoms with Crippen LogP contribution < -0.4 is 15.4 Å². The number of nitrogens with zero attached hydrogens (tertiary/aromatic N) is 1. The molecule has 146 valence electrons. The second-order valence-corrected chi connectivity index (χ2v) is 6.46. The third-order valence-corrected chi connectivity index (χ3v) is 4.28. The highest BCUT2D eigenvalue weighted by molar-refractivity contribution is 5.79. The smallest absolute Gasteiger partial charge is 0.191 e. The largest absolute Gasteiger partial charge is 0.496 e. The van der Waals surface area contributed by atoms with Crippen LogP contribution in [0, 0.1) is 6.92 Å². The van der Waals surface area contributed by atoms with Gasteiger partial charge in [0.25, 0.3) is 0 Å². The second-order valence-electron chi connectivity index (χ2n) is 6.46. The van der Waals surface area contributed by atoms with E-state index >= 15 is 0 Å². The van der Waals surface area contributed by atoms with Crippen LogP contribution >= 0.6 is 0 Å². The fraction of sp³-hybridized carbons (Fsp3) is 0.650. The Labute approximate surface area is 157 Å². The quantitative estimate of drug-likeness (QED) is 0.379. The average Bonchev–Trinajstić information content (AvgIpc) is 3.15. The summed E-state index contributed by atoms with van der Waals surface area (Å²) < 4.78 is 16.5. The molecule has 1 heterocycles. The first-order chi connectivity index (χ1) is 12.7. The molecular formula is C20H33N3O3. The molecule has 0 amide bonds. The zero-order chi connectivity index (χ0) is 18.6. The minimum Gasteiger partial charge on any atom is -0.496 e. The van der Waals surface area contributed by atoms with Crippen LogP contribution in [0.4, 0.5) is 0 Å². The van der Waals surface area contributed by atoms with Crippen molar-refractivity contribution in [2.24, 2.45) is 4.99 Å². The molecule has 1 fully saturated rings. The standard InChI is InChI=1S/C20H33N3O3/c1-4-21-20(22-10-5-12-26-18-9-13-25-15-18)23-11-8-17-14-16(2)6-7-19(17)24-3/h6-7,14,18H,4-5,8-13,15H2,1-3H3,(H2,21,22,23). The fourth-order valence-corrected chi connectivity index (χ4v) is 2.91. The number of benzene rings is 1. The number of hydrogen-bond acceptors (Lipinski definition) is 4. The van der Waals surface area contributed by atoms with Crippen molar-refractivity contribution in [1.82, 2.24) is 10.6 Å².